The lowest BCUT2D eigenvalue weighted by molar-refractivity contribution is -0.742. The highest BCUT2D eigenvalue weighted by molar-refractivity contribution is 5.75. The quantitative estimate of drug-likeness (QED) is 0.229. The summed E-state index contributed by atoms with van der Waals surface area (Å²) < 4.78 is 5.44. The zero-order chi connectivity index (χ0) is 13.8. The average molecular weight is 256 g/mol. The highest BCUT2D eigenvalue weighted by atomic mass is 16.9. The summed E-state index contributed by atoms with van der Waals surface area (Å²) in [5.41, 5.74) is 10.3. The zero-order valence-corrected chi connectivity index (χ0v) is 9.73. The van der Waals surface area contributed by atoms with Crippen molar-refractivity contribution in [2.75, 3.05) is 13.2 Å². The van der Waals surface area contributed by atoms with E-state index in [-0.39, 0.29) is 5.96 Å². The van der Waals surface area contributed by atoms with Gasteiger partial charge in [0.25, 0.3) is 5.09 Å². The molecule has 0 saturated carbocycles. The van der Waals surface area contributed by atoms with Crippen LogP contribution in [0, 0.1) is 10.1 Å². The van der Waals surface area contributed by atoms with Crippen LogP contribution in [0.25, 0.3) is 0 Å². The SMILES string of the molecule is NC(N)=NCCCOc1ccccc1.O=[N+]([O-])O. The fourth-order valence-electron chi connectivity index (χ4n) is 0.979. The topological polar surface area (TPSA) is 137 Å². The van der Waals surface area contributed by atoms with E-state index in [0.717, 1.165) is 12.2 Å². The summed E-state index contributed by atoms with van der Waals surface area (Å²) in [4.78, 5) is 12.2. The number of hydrogen-bond acceptors (Lipinski definition) is 4. The number of hydrogen-bond donors (Lipinski definition) is 3. The Balaban J connectivity index is 0.000000631. The highest BCUT2D eigenvalue weighted by Crippen LogP contribution is 2.08. The lowest BCUT2D eigenvalue weighted by Crippen LogP contribution is -2.23. The minimum absolute atomic E-state index is 0.129. The number of ether oxygens (including phenoxy) is 1. The van der Waals surface area contributed by atoms with Gasteiger partial charge in [-0.25, -0.2) is 0 Å². The predicted molar refractivity (Wildman–Crippen MR) is 66.0 cm³/mol. The third kappa shape index (κ3) is 11.6. The average Bonchev–Trinajstić information content (AvgIpc) is 2.29. The van der Waals surface area contributed by atoms with Gasteiger partial charge in [-0.05, 0) is 12.1 Å². The Bertz CT molecular complexity index is 361. The van der Waals surface area contributed by atoms with Crippen molar-refractivity contribution >= 4 is 5.96 Å². The number of nitrogens with zero attached hydrogens (tertiary/aromatic N) is 2. The maximum absolute atomic E-state index is 8.36. The predicted octanol–water partition coefficient (Wildman–Crippen LogP) is 0.381. The molecule has 0 spiro atoms. The molecule has 0 saturated heterocycles. The lowest BCUT2D eigenvalue weighted by atomic mass is 10.3. The summed E-state index contributed by atoms with van der Waals surface area (Å²) in [6.45, 7) is 1.23. The van der Waals surface area contributed by atoms with Gasteiger partial charge >= 0.3 is 0 Å². The van der Waals surface area contributed by atoms with E-state index >= 15 is 0 Å². The standard InChI is InChI=1S/C10H15N3O.HNO3/c11-10(12)13-7-4-8-14-9-5-2-1-3-6-9;2-1(3)4/h1-3,5-6H,4,7-8H2,(H4,11,12,13);(H,2,3,4). The molecule has 5 N–H and O–H groups in total. The Morgan fingerprint density at radius 1 is 1.39 bits per heavy atom. The molecule has 0 amide bonds. The van der Waals surface area contributed by atoms with Crippen LogP contribution in [0.4, 0.5) is 0 Å². The minimum atomic E-state index is -1.50. The lowest BCUT2D eigenvalue weighted by Gasteiger charge is -2.03. The fourth-order valence-corrected chi connectivity index (χ4v) is 0.979. The number of aliphatic imine (C=N–C) groups is 1. The molecular weight excluding hydrogens is 240 g/mol. The first kappa shape index (κ1) is 15.5. The molecule has 0 aliphatic heterocycles. The number of guanidine groups is 1. The maximum Gasteiger partial charge on any atom is 0.291 e. The summed E-state index contributed by atoms with van der Waals surface area (Å²) in [5, 5.41) is 13.6. The molecule has 0 atom stereocenters. The molecular formula is C10H16N4O4. The van der Waals surface area contributed by atoms with Crippen molar-refractivity contribution in [3.63, 3.8) is 0 Å². The monoisotopic (exact) mass is 256 g/mol. The van der Waals surface area contributed by atoms with Crippen LogP contribution in [-0.4, -0.2) is 29.4 Å². The van der Waals surface area contributed by atoms with Crippen LogP contribution in [0.3, 0.4) is 0 Å². The van der Waals surface area contributed by atoms with Gasteiger partial charge in [-0.2, -0.15) is 0 Å². The van der Waals surface area contributed by atoms with Gasteiger partial charge in [-0.1, -0.05) is 18.2 Å². The summed E-state index contributed by atoms with van der Waals surface area (Å²) >= 11 is 0. The molecule has 1 aromatic rings. The van der Waals surface area contributed by atoms with Crippen molar-refractivity contribution in [1.29, 1.82) is 0 Å². The van der Waals surface area contributed by atoms with Gasteiger partial charge < -0.3 is 21.4 Å². The minimum Gasteiger partial charge on any atom is -0.494 e. The van der Waals surface area contributed by atoms with Crippen molar-refractivity contribution in [1.82, 2.24) is 0 Å². The van der Waals surface area contributed by atoms with Crippen LogP contribution in [0.5, 0.6) is 5.75 Å². The summed E-state index contributed by atoms with van der Waals surface area (Å²) in [5.74, 6) is 1.00. The van der Waals surface area contributed by atoms with E-state index in [1.807, 2.05) is 30.3 Å². The second kappa shape index (κ2) is 9.70. The summed E-state index contributed by atoms with van der Waals surface area (Å²) in [6, 6.07) is 9.66. The van der Waals surface area contributed by atoms with E-state index in [2.05, 4.69) is 4.99 Å². The van der Waals surface area contributed by atoms with Crippen LogP contribution in [0.15, 0.2) is 35.3 Å². The van der Waals surface area contributed by atoms with E-state index in [1.54, 1.807) is 0 Å². The van der Waals surface area contributed by atoms with Crippen molar-refractivity contribution in [3.8, 4) is 5.75 Å². The van der Waals surface area contributed by atoms with E-state index < -0.39 is 5.09 Å². The molecule has 0 heterocycles. The second-order valence-electron chi connectivity index (χ2n) is 3.06. The van der Waals surface area contributed by atoms with Crippen LogP contribution in [-0.2, 0) is 0 Å². The van der Waals surface area contributed by atoms with Crippen LogP contribution in [0.2, 0.25) is 0 Å². The molecule has 0 aromatic heterocycles. The Morgan fingerprint density at radius 2 is 1.94 bits per heavy atom. The summed E-state index contributed by atoms with van der Waals surface area (Å²) in [6.07, 6.45) is 0.812. The number of nitrogens with two attached hydrogens (primary N) is 2. The molecule has 18 heavy (non-hydrogen) atoms. The first-order valence-corrected chi connectivity index (χ1v) is 5.09. The first-order valence-electron chi connectivity index (χ1n) is 5.09. The third-order valence-electron chi connectivity index (χ3n) is 1.61. The van der Waals surface area contributed by atoms with Gasteiger partial charge in [0.05, 0.1) is 6.61 Å². The molecule has 100 valence electrons. The van der Waals surface area contributed by atoms with Gasteiger partial charge in [-0.15, -0.1) is 10.1 Å². The second-order valence-corrected chi connectivity index (χ2v) is 3.06. The number of para-hydroxylation sites is 1. The molecule has 1 rings (SSSR count). The van der Waals surface area contributed by atoms with Crippen LogP contribution in [0.1, 0.15) is 6.42 Å². The Hall–Kier alpha value is -2.51. The Morgan fingerprint density at radius 3 is 2.44 bits per heavy atom. The number of benzene rings is 1. The zero-order valence-electron chi connectivity index (χ0n) is 9.73. The van der Waals surface area contributed by atoms with Crippen molar-refractivity contribution in [3.05, 3.63) is 40.4 Å². The molecule has 0 radical (unpaired) electrons. The summed E-state index contributed by atoms with van der Waals surface area (Å²) in [7, 11) is 0. The van der Waals surface area contributed by atoms with E-state index in [0.29, 0.717) is 13.2 Å². The van der Waals surface area contributed by atoms with E-state index in [9.17, 15) is 0 Å². The van der Waals surface area contributed by atoms with Gasteiger partial charge in [-0.3, -0.25) is 4.99 Å². The molecule has 0 aliphatic rings. The molecule has 8 nitrogen and oxygen atoms in total. The highest BCUT2D eigenvalue weighted by Gasteiger charge is 1.90. The van der Waals surface area contributed by atoms with E-state index in [4.69, 9.17) is 31.5 Å². The van der Waals surface area contributed by atoms with Crippen molar-refractivity contribution < 1.29 is 15.0 Å². The largest absolute Gasteiger partial charge is 0.494 e. The van der Waals surface area contributed by atoms with Gasteiger partial charge in [0.15, 0.2) is 5.96 Å². The smallest absolute Gasteiger partial charge is 0.291 e. The number of rotatable bonds is 5. The van der Waals surface area contributed by atoms with Crippen LogP contribution >= 0.6 is 0 Å². The maximum atomic E-state index is 8.36. The molecule has 0 bridgehead atoms. The van der Waals surface area contributed by atoms with Crippen molar-refractivity contribution in [2.45, 2.75) is 6.42 Å². The fraction of sp³-hybridized carbons (Fsp3) is 0.300. The Kier molecular flexibility index (Phi) is 8.35. The van der Waals surface area contributed by atoms with E-state index in [1.165, 1.54) is 0 Å². The molecule has 1 aromatic carbocycles. The first-order chi connectivity index (χ1) is 8.52. The van der Waals surface area contributed by atoms with Gasteiger partial charge in [0.1, 0.15) is 5.75 Å². The normalized spacial score (nSPS) is 8.67. The molecule has 8 heteroatoms. The third-order valence-corrected chi connectivity index (χ3v) is 1.61. The Labute approximate surface area is 104 Å². The van der Waals surface area contributed by atoms with Crippen molar-refractivity contribution in [2.24, 2.45) is 16.5 Å². The molecule has 0 aliphatic carbocycles. The van der Waals surface area contributed by atoms with Gasteiger partial charge in [0.2, 0.25) is 0 Å². The molecule has 0 fully saturated rings. The molecule has 0 unspecified atom stereocenters. The van der Waals surface area contributed by atoms with Crippen LogP contribution < -0.4 is 16.2 Å². The van der Waals surface area contributed by atoms with Gasteiger partial charge in [0, 0.05) is 13.0 Å².